The number of carbonyl (C=O) groups is 1. The van der Waals surface area contributed by atoms with Crippen LogP contribution in [0.25, 0.3) is 0 Å². The minimum absolute atomic E-state index is 0.315. The molecule has 0 unspecified atom stereocenters. The zero-order chi connectivity index (χ0) is 12.1. The van der Waals surface area contributed by atoms with Crippen molar-refractivity contribution < 1.29 is 9.53 Å². The molecule has 0 atom stereocenters. The lowest BCUT2D eigenvalue weighted by Gasteiger charge is -2.24. The van der Waals surface area contributed by atoms with Gasteiger partial charge in [0.15, 0.2) is 0 Å². The van der Waals surface area contributed by atoms with E-state index in [-0.39, 0.29) is 5.97 Å². The van der Waals surface area contributed by atoms with Gasteiger partial charge in [-0.1, -0.05) is 12.2 Å². The lowest BCUT2D eigenvalue weighted by molar-refractivity contribution is 0.0526. The largest absolute Gasteiger partial charge is 0.462 e. The Kier molecular flexibility index (Phi) is 3.75. The maximum Gasteiger partial charge on any atom is 0.339 e. The van der Waals surface area contributed by atoms with Crippen molar-refractivity contribution in [3.8, 4) is 0 Å². The van der Waals surface area contributed by atoms with E-state index in [9.17, 15) is 4.79 Å². The highest BCUT2D eigenvalue weighted by molar-refractivity contribution is 5.89. The molecule has 1 aromatic heterocycles. The highest BCUT2D eigenvalue weighted by atomic mass is 16.5. The number of ether oxygens (including phenoxy) is 1. The molecule has 0 spiro atoms. The van der Waals surface area contributed by atoms with Crippen molar-refractivity contribution >= 4 is 11.8 Å². The van der Waals surface area contributed by atoms with Crippen LogP contribution in [0, 0.1) is 0 Å². The molecule has 2 heterocycles. The van der Waals surface area contributed by atoms with Gasteiger partial charge in [0.2, 0.25) is 0 Å². The first-order valence-electron chi connectivity index (χ1n) is 5.84. The molecule has 0 aromatic carbocycles. The monoisotopic (exact) mass is 232 g/mol. The second kappa shape index (κ2) is 5.48. The Morgan fingerprint density at radius 2 is 2.35 bits per heavy atom. The fourth-order valence-electron chi connectivity index (χ4n) is 1.76. The fourth-order valence-corrected chi connectivity index (χ4v) is 1.76. The summed E-state index contributed by atoms with van der Waals surface area (Å²) in [6, 6.07) is 3.63. The van der Waals surface area contributed by atoms with Gasteiger partial charge >= 0.3 is 5.97 Å². The quantitative estimate of drug-likeness (QED) is 0.590. The van der Waals surface area contributed by atoms with Crippen molar-refractivity contribution in [1.82, 2.24) is 4.98 Å². The molecule has 0 saturated heterocycles. The standard InChI is InChI=1S/C13H16N2O2/c1-2-17-13(16)11-6-7-12(14-10-11)15-8-4-3-5-9-15/h3-4,6-7,10H,2,5,8-9H2,1H3. The van der Waals surface area contributed by atoms with Crippen LogP contribution in [-0.4, -0.2) is 30.6 Å². The Morgan fingerprint density at radius 3 is 2.94 bits per heavy atom. The summed E-state index contributed by atoms with van der Waals surface area (Å²) in [5.74, 6) is 0.590. The molecule has 1 aliphatic heterocycles. The molecule has 0 fully saturated rings. The molecule has 0 bridgehead atoms. The van der Waals surface area contributed by atoms with E-state index >= 15 is 0 Å². The van der Waals surface area contributed by atoms with Gasteiger partial charge in [-0.25, -0.2) is 9.78 Å². The molecular weight excluding hydrogens is 216 g/mol. The number of hydrogen-bond acceptors (Lipinski definition) is 4. The average molecular weight is 232 g/mol. The molecular formula is C13H16N2O2. The van der Waals surface area contributed by atoms with Crippen LogP contribution in [0.15, 0.2) is 30.5 Å². The summed E-state index contributed by atoms with van der Waals surface area (Å²) in [4.78, 5) is 17.9. The number of aromatic nitrogens is 1. The number of pyridine rings is 1. The first kappa shape index (κ1) is 11.6. The first-order valence-corrected chi connectivity index (χ1v) is 5.84. The summed E-state index contributed by atoms with van der Waals surface area (Å²) >= 11 is 0. The Balaban J connectivity index is 2.07. The van der Waals surface area contributed by atoms with E-state index in [0.717, 1.165) is 25.3 Å². The van der Waals surface area contributed by atoms with E-state index in [1.165, 1.54) is 0 Å². The SMILES string of the molecule is CCOC(=O)c1ccc(N2CC=CCC2)nc1. The third kappa shape index (κ3) is 2.84. The number of anilines is 1. The molecule has 0 radical (unpaired) electrons. The topological polar surface area (TPSA) is 42.4 Å². The van der Waals surface area contributed by atoms with Gasteiger partial charge in [-0.15, -0.1) is 0 Å². The summed E-state index contributed by atoms with van der Waals surface area (Å²) in [6.45, 7) is 4.03. The molecule has 1 aliphatic rings. The minimum atomic E-state index is -0.315. The van der Waals surface area contributed by atoms with Crippen LogP contribution in [0.4, 0.5) is 5.82 Å². The second-order valence-corrected chi connectivity index (χ2v) is 3.83. The fraction of sp³-hybridized carbons (Fsp3) is 0.385. The molecule has 90 valence electrons. The first-order chi connectivity index (χ1) is 8.31. The van der Waals surface area contributed by atoms with E-state index in [2.05, 4.69) is 22.0 Å². The van der Waals surface area contributed by atoms with Gasteiger partial charge in [0, 0.05) is 19.3 Å². The second-order valence-electron chi connectivity index (χ2n) is 3.83. The van der Waals surface area contributed by atoms with Crippen molar-refractivity contribution in [3.63, 3.8) is 0 Å². The predicted molar refractivity (Wildman–Crippen MR) is 66.2 cm³/mol. The van der Waals surface area contributed by atoms with Crippen molar-refractivity contribution in [1.29, 1.82) is 0 Å². The Bertz CT molecular complexity index is 412. The molecule has 0 saturated carbocycles. The molecule has 0 N–H and O–H groups in total. The maximum absolute atomic E-state index is 11.4. The number of hydrogen-bond donors (Lipinski definition) is 0. The summed E-state index contributed by atoms with van der Waals surface area (Å²) in [6.07, 6.45) is 6.92. The Labute approximate surface area is 101 Å². The van der Waals surface area contributed by atoms with Gasteiger partial charge in [-0.2, -0.15) is 0 Å². The maximum atomic E-state index is 11.4. The van der Waals surface area contributed by atoms with Crippen LogP contribution in [0.3, 0.4) is 0 Å². The number of nitrogens with zero attached hydrogens (tertiary/aromatic N) is 2. The van der Waals surface area contributed by atoms with Gasteiger partial charge in [0.25, 0.3) is 0 Å². The van der Waals surface area contributed by atoms with Crippen LogP contribution in [0.2, 0.25) is 0 Å². The lowest BCUT2D eigenvalue weighted by atomic mass is 10.2. The average Bonchev–Trinajstić information content (AvgIpc) is 2.40. The zero-order valence-electron chi connectivity index (χ0n) is 9.93. The van der Waals surface area contributed by atoms with Crippen LogP contribution < -0.4 is 4.90 Å². The van der Waals surface area contributed by atoms with Gasteiger partial charge in [-0.05, 0) is 25.5 Å². The Morgan fingerprint density at radius 1 is 1.47 bits per heavy atom. The Hall–Kier alpha value is -1.84. The van der Waals surface area contributed by atoms with Crippen LogP contribution >= 0.6 is 0 Å². The third-order valence-electron chi connectivity index (χ3n) is 2.64. The number of rotatable bonds is 3. The van der Waals surface area contributed by atoms with E-state index in [4.69, 9.17) is 4.74 Å². The van der Waals surface area contributed by atoms with Crippen molar-refractivity contribution in [2.24, 2.45) is 0 Å². The molecule has 1 aromatic rings. The van der Waals surface area contributed by atoms with Crippen molar-refractivity contribution in [3.05, 3.63) is 36.0 Å². The highest BCUT2D eigenvalue weighted by Crippen LogP contribution is 2.14. The van der Waals surface area contributed by atoms with Crippen LogP contribution in [-0.2, 0) is 4.74 Å². The van der Waals surface area contributed by atoms with Crippen LogP contribution in [0.5, 0.6) is 0 Å². The number of esters is 1. The van der Waals surface area contributed by atoms with Crippen molar-refractivity contribution in [2.75, 3.05) is 24.6 Å². The predicted octanol–water partition coefficient (Wildman–Crippen LogP) is 2.02. The molecule has 0 aliphatic carbocycles. The summed E-state index contributed by atoms with van der Waals surface area (Å²) in [5, 5.41) is 0. The van der Waals surface area contributed by atoms with E-state index < -0.39 is 0 Å². The van der Waals surface area contributed by atoms with Gasteiger partial charge < -0.3 is 9.64 Å². The molecule has 4 nitrogen and oxygen atoms in total. The summed E-state index contributed by atoms with van der Waals surface area (Å²) in [7, 11) is 0. The minimum Gasteiger partial charge on any atom is -0.462 e. The summed E-state index contributed by atoms with van der Waals surface area (Å²) in [5.41, 5.74) is 0.503. The van der Waals surface area contributed by atoms with E-state index in [0.29, 0.717) is 12.2 Å². The highest BCUT2D eigenvalue weighted by Gasteiger charge is 2.11. The van der Waals surface area contributed by atoms with Crippen molar-refractivity contribution in [2.45, 2.75) is 13.3 Å². The third-order valence-corrected chi connectivity index (χ3v) is 2.64. The lowest BCUT2D eigenvalue weighted by Crippen LogP contribution is -2.27. The smallest absolute Gasteiger partial charge is 0.339 e. The van der Waals surface area contributed by atoms with Gasteiger partial charge in [0.1, 0.15) is 5.82 Å². The molecule has 4 heteroatoms. The molecule has 2 rings (SSSR count). The summed E-state index contributed by atoms with van der Waals surface area (Å²) < 4.78 is 4.91. The van der Waals surface area contributed by atoms with Gasteiger partial charge in [-0.3, -0.25) is 0 Å². The molecule has 17 heavy (non-hydrogen) atoms. The van der Waals surface area contributed by atoms with E-state index in [1.54, 1.807) is 19.2 Å². The number of carbonyl (C=O) groups excluding carboxylic acids is 1. The van der Waals surface area contributed by atoms with Gasteiger partial charge in [0.05, 0.1) is 12.2 Å². The molecule has 0 amide bonds. The van der Waals surface area contributed by atoms with Crippen LogP contribution in [0.1, 0.15) is 23.7 Å². The van der Waals surface area contributed by atoms with E-state index in [1.807, 2.05) is 6.07 Å². The zero-order valence-corrected chi connectivity index (χ0v) is 9.93. The normalized spacial score (nSPS) is 14.8.